The van der Waals surface area contributed by atoms with E-state index < -0.39 is 5.54 Å². The summed E-state index contributed by atoms with van der Waals surface area (Å²) in [6.07, 6.45) is 5.09. The SMILES string of the molecule is CCOC(=O)C1(NCc2ccc(-c3ccc(C(C)(C)C)cc3)cc2)CCCCC1. The normalized spacial score (nSPS) is 16.4. The Morgan fingerprint density at radius 1 is 0.931 bits per heavy atom. The molecule has 1 aliphatic carbocycles. The Hall–Kier alpha value is -2.13. The van der Waals surface area contributed by atoms with Gasteiger partial charge >= 0.3 is 5.97 Å². The van der Waals surface area contributed by atoms with Crippen molar-refractivity contribution >= 4 is 5.97 Å². The van der Waals surface area contributed by atoms with Gasteiger partial charge in [-0.1, -0.05) is 88.6 Å². The molecule has 3 nitrogen and oxygen atoms in total. The molecular formula is C26H35NO2. The molecule has 0 bridgehead atoms. The number of carbonyl (C=O) groups excluding carboxylic acids is 1. The number of rotatable bonds is 6. The molecule has 2 aromatic rings. The van der Waals surface area contributed by atoms with Crippen molar-refractivity contribution in [3.05, 3.63) is 59.7 Å². The molecule has 0 amide bonds. The predicted octanol–water partition coefficient (Wildman–Crippen LogP) is 6.01. The molecule has 3 heteroatoms. The van der Waals surface area contributed by atoms with Crippen molar-refractivity contribution in [2.75, 3.05) is 6.61 Å². The number of esters is 1. The van der Waals surface area contributed by atoms with Crippen molar-refractivity contribution in [3.8, 4) is 11.1 Å². The highest BCUT2D eigenvalue weighted by Gasteiger charge is 2.40. The lowest BCUT2D eigenvalue weighted by atomic mass is 9.81. The van der Waals surface area contributed by atoms with Crippen LogP contribution in [0, 0.1) is 0 Å². The van der Waals surface area contributed by atoms with Crippen LogP contribution in [-0.2, 0) is 21.5 Å². The molecular weight excluding hydrogens is 358 g/mol. The van der Waals surface area contributed by atoms with E-state index in [-0.39, 0.29) is 11.4 Å². The van der Waals surface area contributed by atoms with Gasteiger partial charge in [0.1, 0.15) is 5.54 Å². The van der Waals surface area contributed by atoms with Gasteiger partial charge in [-0.25, -0.2) is 0 Å². The Kier molecular flexibility index (Phi) is 6.79. The zero-order chi connectivity index (χ0) is 20.9. The molecule has 0 saturated heterocycles. The van der Waals surface area contributed by atoms with Gasteiger partial charge < -0.3 is 4.74 Å². The topological polar surface area (TPSA) is 38.3 Å². The average Bonchev–Trinajstić information content (AvgIpc) is 2.73. The van der Waals surface area contributed by atoms with E-state index in [9.17, 15) is 4.79 Å². The number of carbonyl (C=O) groups is 1. The maximum absolute atomic E-state index is 12.6. The molecule has 0 spiro atoms. The van der Waals surface area contributed by atoms with E-state index in [1.165, 1.54) is 28.7 Å². The lowest BCUT2D eigenvalue weighted by molar-refractivity contribution is -0.153. The van der Waals surface area contributed by atoms with Gasteiger partial charge in [0.2, 0.25) is 0 Å². The number of hydrogen-bond donors (Lipinski definition) is 1. The van der Waals surface area contributed by atoms with Gasteiger partial charge in [-0.05, 0) is 47.4 Å². The minimum absolute atomic E-state index is 0.0877. The first kappa shape index (κ1) is 21.6. The number of hydrogen-bond acceptors (Lipinski definition) is 3. The van der Waals surface area contributed by atoms with Crippen LogP contribution >= 0.6 is 0 Å². The van der Waals surface area contributed by atoms with Crippen LogP contribution in [0.5, 0.6) is 0 Å². The third-order valence-corrected chi connectivity index (χ3v) is 6.04. The third kappa shape index (κ3) is 5.27. The summed E-state index contributed by atoms with van der Waals surface area (Å²) in [4.78, 5) is 12.6. The predicted molar refractivity (Wildman–Crippen MR) is 120 cm³/mol. The van der Waals surface area contributed by atoms with E-state index in [1.807, 2.05) is 6.92 Å². The fourth-order valence-electron chi connectivity index (χ4n) is 4.13. The van der Waals surface area contributed by atoms with Crippen molar-refractivity contribution in [3.63, 3.8) is 0 Å². The highest BCUT2D eigenvalue weighted by molar-refractivity contribution is 5.81. The van der Waals surface area contributed by atoms with E-state index in [1.54, 1.807) is 0 Å². The molecule has 1 N–H and O–H groups in total. The summed E-state index contributed by atoms with van der Waals surface area (Å²) in [5.74, 6) is -0.0877. The monoisotopic (exact) mass is 393 g/mol. The van der Waals surface area contributed by atoms with Crippen LogP contribution in [-0.4, -0.2) is 18.1 Å². The fraction of sp³-hybridized carbons (Fsp3) is 0.500. The van der Waals surface area contributed by atoms with Crippen LogP contribution in [0.15, 0.2) is 48.5 Å². The molecule has 1 saturated carbocycles. The first-order valence-corrected chi connectivity index (χ1v) is 11.0. The lowest BCUT2D eigenvalue weighted by Gasteiger charge is -2.35. The van der Waals surface area contributed by atoms with Crippen LogP contribution < -0.4 is 5.32 Å². The molecule has 0 atom stereocenters. The Balaban J connectivity index is 1.67. The van der Waals surface area contributed by atoms with E-state index in [0.717, 1.165) is 25.7 Å². The maximum atomic E-state index is 12.6. The van der Waals surface area contributed by atoms with Crippen LogP contribution in [0.25, 0.3) is 11.1 Å². The Bertz CT molecular complexity index is 794. The van der Waals surface area contributed by atoms with Gasteiger partial charge in [0.05, 0.1) is 6.61 Å². The fourth-order valence-corrected chi connectivity index (χ4v) is 4.13. The summed E-state index contributed by atoms with van der Waals surface area (Å²) in [6, 6.07) is 17.5. The first-order valence-electron chi connectivity index (χ1n) is 11.0. The molecule has 2 aromatic carbocycles. The highest BCUT2D eigenvalue weighted by Crippen LogP contribution is 2.30. The van der Waals surface area contributed by atoms with Gasteiger partial charge in [0.25, 0.3) is 0 Å². The minimum atomic E-state index is -0.518. The molecule has 0 unspecified atom stereocenters. The lowest BCUT2D eigenvalue weighted by Crippen LogP contribution is -2.53. The molecule has 3 rings (SSSR count). The standard InChI is InChI=1S/C26H35NO2/c1-5-29-24(28)26(17-7-6-8-18-26)27-19-20-9-11-21(12-10-20)22-13-15-23(16-14-22)25(2,3)4/h9-16,27H,5-8,17-19H2,1-4H3. The largest absolute Gasteiger partial charge is 0.465 e. The summed E-state index contributed by atoms with van der Waals surface area (Å²) in [5.41, 5.74) is 4.63. The van der Waals surface area contributed by atoms with Crippen molar-refractivity contribution in [1.82, 2.24) is 5.32 Å². The quantitative estimate of drug-likeness (QED) is 0.611. The second kappa shape index (κ2) is 9.13. The summed E-state index contributed by atoms with van der Waals surface area (Å²) in [7, 11) is 0. The van der Waals surface area contributed by atoms with Gasteiger partial charge in [-0.3, -0.25) is 10.1 Å². The number of ether oxygens (including phenoxy) is 1. The summed E-state index contributed by atoms with van der Waals surface area (Å²) < 4.78 is 5.38. The van der Waals surface area contributed by atoms with Crippen LogP contribution in [0.1, 0.15) is 70.9 Å². The molecule has 1 fully saturated rings. The maximum Gasteiger partial charge on any atom is 0.326 e. The number of benzene rings is 2. The molecule has 1 aliphatic rings. The molecule has 0 aliphatic heterocycles. The van der Waals surface area contributed by atoms with Crippen LogP contribution in [0.3, 0.4) is 0 Å². The van der Waals surface area contributed by atoms with E-state index in [0.29, 0.717) is 13.2 Å². The van der Waals surface area contributed by atoms with Gasteiger partial charge in [0, 0.05) is 6.54 Å². The van der Waals surface area contributed by atoms with Crippen molar-refractivity contribution in [1.29, 1.82) is 0 Å². The average molecular weight is 394 g/mol. The summed E-state index contributed by atoms with van der Waals surface area (Å²) >= 11 is 0. The molecule has 0 radical (unpaired) electrons. The smallest absolute Gasteiger partial charge is 0.326 e. The third-order valence-electron chi connectivity index (χ3n) is 6.04. The second-order valence-corrected chi connectivity index (χ2v) is 9.24. The van der Waals surface area contributed by atoms with E-state index in [2.05, 4.69) is 74.6 Å². The van der Waals surface area contributed by atoms with Crippen molar-refractivity contribution < 1.29 is 9.53 Å². The van der Waals surface area contributed by atoms with Crippen LogP contribution in [0.4, 0.5) is 0 Å². The minimum Gasteiger partial charge on any atom is -0.465 e. The second-order valence-electron chi connectivity index (χ2n) is 9.24. The van der Waals surface area contributed by atoms with E-state index in [4.69, 9.17) is 4.74 Å². The molecule has 29 heavy (non-hydrogen) atoms. The van der Waals surface area contributed by atoms with Crippen molar-refractivity contribution in [2.45, 2.75) is 77.3 Å². The van der Waals surface area contributed by atoms with Gasteiger partial charge in [-0.15, -0.1) is 0 Å². The highest BCUT2D eigenvalue weighted by atomic mass is 16.5. The van der Waals surface area contributed by atoms with Gasteiger partial charge in [-0.2, -0.15) is 0 Å². The zero-order valence-electron chi connectivity index (χ0n) is 18.4. The summed E-state index contributed by atoms with van der Waals surface area (Å²) in [6.45, 7) is 9.70. The van der Waals surface area contributed by atoms with Crippen LogP contribution in [0.2, 0.25) is 0 Å². The molecule has 0 heterocycles. The first-order chi connectivity index (χ1) is 13.8. The van der Waals surface area contributed by atoms with Crippen molar-refractivity contribution in [2.24, 2.45) is 0 Å². The Morgan fingerprint density at radius 2 is 1.48 bits per heavy atom. The zero-order valence-corrected chi connectivity index (χ0v) is 18.4. The Morgan fingerprint density at radius 3 is 2.00 bits per heavy atom. The Labute approximate surface area is 175 Å². The molecule has 0 aromatic heterocycles. The number of nitrogens with one attached hydrogen (secondary N) is 1. The molecule has 156 valence electrons. The van der Waals surface area contributed by atoms with Gasteiger partial charge in [0.15, 0.2) is 0 Å². The van der Waals surface area contributed by atoms with E-state index >= 15 is 0 Å². The summed E-state index contributed by atoms with van der Waals surface area (Å²) in [5, 5.41) is 3.54.